The van der Waals surface area contributed by atoms with Crippen LogP contribution >= 0.6 is 22.9 Å². The van der Waals surface area contributed by atoms with Gasteiger partial charge in [-0.2, -0.15) is 5.10 Å². The summed E-state index contributed by atoms with van der Waals surface area (Å²) in [6, 6.07) is 5.37. The maximum atomic E-state index is 13.3. The molecule has 2 saturated heterocycles. The van der Waals surface area contributed by atoms with Crippen LogP contribution in [-0.4, -0.2) is 88.8 Å². The van der Waals surface area contributed by atoms with Gasteiger partial charge in [-0.3, -0.25) is 33.9 Å². The Morgan fingerprint density at radius 3 is 2.61 bits per heavy atom. The topological polar surface area (TPSA) is 131 Å². The largest absolute Gasteiger partial charge is 0.322 e. The van der Waals surface area contributed by atoms with E-state index in [1.54, 1.807) is 16.2 Å². The van der Waals surface area contributed by atoms with E-state index in [1.165, 1.54) is 22.4 Å². The van der Waals surface area contributed by atoms with Crippen molar-refractivity contribution in [3.05, 3.63) is 80.5 Å². The van der Waals surface area contributed by atoms with E-state index >= 15 is 0 Å². The summed E-state index contributed by atoms with van der Waals surface area (Å²) in [5.74, 6) is 8.79. The summed E-state index contributed by atoms with van der Waals surface area (Å²) in [6.07, 6.45) is 11.8. The van der Waals surface area contributed by atoms with Gasteiger partial charge < -0.3 is 9.80 Å². The zero-order chi connectivity index (χ0) is 38.5. The highest BCUT2D eigenvalue weighted by atomic mass is 35.5. The van der Waals surface area contributed by atoms with Crippen LogP contribution in [0.1, 0.15) is 106 Å². The normalized spacial score (nSPS) is 22.8. The third-order valence-corrected chi connectivity index (χ3v) is 14.0. The molecule has 4 aliphatic heterocycles. The number of aryl methyl sites for hydroxylation is 1. The number of aliphatic imine (C=N–C) groups is 1. The number of benzene rings is 1. The molecule has 3 amide bonds. The molecule has 5 aliphatic rings. The van der Waals surface area contributed by atoms with Crippen molar-refractivity contribution in [1.82, 2.24) is 39.7 Å². The minimum absolute atomic E-state index is 0.110. The molecule has 4 aromatic rings. The minimum Gasteiger partial charge on any atom is -0.322 e. The molecular weight excluding hydrogens is 746 g/mol. The van der Waals surface area contributed by atoms with Gasteiger partial charge in [0.15, 0.2) is 5.82 Å². The fraction of sp³-hybridized carbons (Fsp3) is 0.500. The van der Waals surface area contributed by atoms with E-state index < -0.39 is 6.04 Å². The summed E-state index contributed by atoms with van der Waals surface area (Å²) < 4.78 is 4.16. The number of hydrogen-bond acceptors (Lipinski definition) is 9. The third kappa shape index (κ3) is 7.12. The van der Waals surface area contributed by atoms with Gasteiger partial charge in [0.1, 0.15) is 16.9 Å². The Hall–Kier alpha value is -4.64. The van der Waals surface area contributed by atoms with Crippen LogP contribution in [0.2, 0.25) is 0 Å². The lowest BCUT2D eigenvalue weighted by Gasteiger charge is -2.32. The Kier molecular flexibility index (Phi) is 10.1. The zero-order valence-electron chi connectivity index (χ0n) is 31.9. The molecule has 1 saturated carbocycles. The van der Waals surface area contributed by atoms with Crippen LogP contribution < -0.4 is 5.32 Å². The molecule has 12 nitrogen and oxygen atoms in total. The monoisotopic (exact) mass is 791 g/mol. The lowest BCUT2D eigenvalue weighted by molar-refractivity contribution is -0.136. The van der Waals surface area contributed by atoms with Crippen LogP contribution in [0.25, 0.3) is 5.00 Å². The minimum atomic E-state index is -0.591. The molecular formula is C42H46ClN9O3S. The maximum Gasteiger partial charge on any atom is 0.255 e. The van der Waals surface area contributed by atoms with Crippen molar-refractivity contribution in [2.24, 2.45) is 16.8 Å². The van der Waals surface area contributed by atoms with E-state index in [0.717, 1.165) is 104 Å². The SMILES string of the molecule is Cc1c(C#Cc2cnn(CCN3CCC(Cc4cccc5c4CN(C4CCC(=O)NC4=O)C5=O)CC3)c2)sc2c1C(C1CCC(Cl)CC1)=NCc1nnc(C)n1-2. The summed E-state index contributed by atoms with van der Waals surface area (Å²) in [5.41, 5.74) is 7.35. The molecule has 0 bridgehead atoms. The number of fused-ring (bicyclic) bond motifs is 4. The molecule has 0 spiro atoms. The van der Waals surface area contributed by atoms with Crippen LogP contribution in [0.4, 0.5) is 0 Å². The number of imide groups is 1. The zero-order valence-corrected chi connectivity index (χ0v) is 33.5. The number of piperidine rings is 2. The number of rotatable bonds is 7. The molecule has 1 aliphatic carbocycles. The second-order valence-electron chi connectivity index (χ2n) is 16.0. The van der Waals surface area contributed by atoms with Crippen LogP contribution in [0, 0.1) is 37.5 Å². The summed E-state index contributed by atoms with van der Waals surface area (Å²) in [5, 5.41) is 17.3. The summed E-state index contributed by atoms with van der Waals surface area (Å²) >= 11 is 8.19. The Morgan fingerprint density at radius 1 is 0.982 bits per heavy atom. The highest BCUT2D eigenvalue weighted by molar-refractivity contribution is 7.15. The average molecular weight is 792 g/mol. The van der Waals surface area contributed by atoms with Crippen LogP contribution in [0.5, 0.6) is 0 Å². The van der Waals surface area contributed by atoms with Crippen molar-refractivity contribution in [1.29, 1.82) is 0 Å². The van der Waals surface area contributed by atoms with Gasteiger partial charge in [0.05, 0.1) is 29.7 Å². The number of alkyl halides is 1. The summed E-state index contributed by atoms with van der Waals surface area (Å²) in [7, 11) is 0. The predicted molar refractivity (Wildman–Crippen MR) is 214 cm³/mol. The molecule has 290 valence electrons. The highest BCUT2D eigenvalue weighted by Gasteiger charge is 2.40. The number of amides is 3. The molecule has 1 N–H and O–H groups in total. The lowest BCUT2D eigenvalue weighted by Crippen LogP contribution is -2.52. The first-order valence-electron chi connectivity index (χ1n) is 20.0. The maximum absolute atomic E-state index is 13.3. The average Bonchev–Trinajstić information content (AvgIpc) is 3.94. The number of thiophene rings is 1. The molecule has 14 heteroatoms. The predicted octanol–water partition coefficient (Wildman–Crippen LogP) is 5.36. The van der Waals surface area contributed by atoms with Crippen molar-refractivity contribution in [3.8, 4) is 16.8 Å². The van der Waals surface area contributed by atoms with E-state index in [0.29, 0.717) is 36.9 Å². The molecule has 1 unspecified atom stereocenters. The van der Waals surface area contributed by atoms with Crippen molar-refractivity contribution < 1.29 is 14.4 Å². The van der Waals surface area contributed by atoms with E-state index in [1.807, 2.05) is 36.1 Å². The van der Waals surface area contributed by atoms with Gasteiger partial charge in [0.25, 0.3) is 5.91 Å². The van der Waals surface area contributed by atoms with Gasteiger partial charge in [0, 0.05) is 53.8 Å². The van der Waals surface area contributed by atoms with Crippen LogP contribution in [-0.2, 0) is 35.6 Å². The highest BCUT2D eigenvalue weighted by Crippen LogP contribution is 2.40. The second-order valence-corrected chi connectivity index (χ2v) is 17.6. The number of halogens is 1. The lowest BCUT2D eigenvalue weighted by atomic mass is 9.82. The van der Waals surface area contributed by atoms with Crippen LogP contribution in [0.15, 0.2) is 35.6 Å². The van der Waals surface area contributed by atoms with E-state index in [4.69, 9.17) is 16.6 Å². The van der Waals surface area contributed by atoms with Gasteiger partial charge in [-0.15, -0.1) is 33.1 Å². The van der Waals surface area contributed by atoms with Gasteiger partial charge >= 0.3 is 0 Å². The molecule has 1 aromatic carbocycles. The molecule has 56 heavy (non-hydrogen) atoms. The molecule has 1 atom stereocenters. The quantitative estimate of drug-likeness (QED) is 0.152. The Balaban J connectivity index is 0.812. The number of hydrogen-bond donors (Lipinski definition) is 1. The Bertz CT molecular complexity index is 2300. The number of likely N-dealkylation sites (tertiary alicyclic amines) is 1. The molecule has 9 rings (SSSR count). The summed E-state index contributed by atoms with van der Waals surface area (Å²) in [6.45, 7) is 8.88. The third-order valence-electron chi connectivity index (χ3n) is 12.4. The number of carbonyl (C=O) groups excluding carboxylic acids is 3. The van der Waals surface area contributed by atoms with Crippen molar-refractivity contribution in [3.63, 3.8) is 0 Å². The molecule has 7 heterocycles. The van der Waals surface area contributed by atoms with E-state index in [9.17, 15) is 14.4 Å². The van der Waals surface area contributed by atoms with E-state index in [-0.39, 0.29) is 29.5 Å². The van der Waals surface area contributed by atoms with Gasteiger partial charge in [-0.25, -0.2) is 0 Å². The first-order chi connectivity index (χ1) is 27.2. The van der Waals surface area contributed by atoms with E-state index in [2.05, 4.69) is 54.9 Å². The number of nitrogens with one attached hydrogen (secondary N) is 1. The fourth-order valence-corrected chi connectivity index (χ4v) is 10.7. The first kappa shape index (κ1) is 37.0. The molecule has 0 radical (unpaired) electrons. The fourth-order valence-electron chi connectivity index (χ4n) is 9.23. The Morgan fingerprint density at radius 2 is 1.80 bits per heavy atom. The number of nitrogens with zero attached hydrogens (tertiary/aromatic N) is 8. The smallest absolute Gasteiger partial charge is 0.255 e. The number of aromatic nitrogens is 5. The molecule has 3 aromatic heterocycles. The first-order valence-corrected chi connectivity index (χ1v) is 21.2. The summed E-state index contributed by atoms with van der Waals surface area (Å²) in [4.78, 5) is 47.9. The van der Waals surface area contributed by atoms with Gasteiger partial charge in [-0.1, -0.05) is 24.0 Å². The van der Waals surface area contributed by atoms with Crippen molar-refractivity contribution >= 4 is 46.4 Å². The molecule has 3 fully saturated rings. The van der Waals surface area contributed by atoms with Gasteiger partial charge in [0.2, 0.25) is 11.8 Å². The van der Waals surface area contributed by atoms with Crippen molar-refractivity contribution in [2.45, 2.75) is 103 Å². The Labute approximate surface area is 335 Å². The van der Waals surface area contributed by atoms with Crippen LogP contribution in [0.3, 0.4) is 0 Å². The van der Waals surface area contributed by atoms with Crippen molar-refractivity contribution in [2.75, 3.05) is 19.6 Å². The standard InChI is InChI=1S/C42H46ClN9O3S/c1-25-35(56-42-38(25)39(29-7-9-31(43)10-8-29)44-22-36-48-47-26(2)52(36)42)12-6-28-21-45-50(23-28)19-18-49-16-14-27(15-17-49)20-30-4-3-5-32-33(30)24-51(41(32)55)34-11-13-37(53)46-40(34)54/h3-5,21,23,27,29,31,34H,7-11,13-20,22,24H2,1-2H3,(H,46,53,54). The second kappa shape index (κ2) is 15.4. The number of carbonyl (C=O) groups is 3. The van der Waals surface area contributed by atoms with Gasteiger partial charge in [-0.05, 0) is 107 Å².